The molecule has 1 aromatic rings. The number of ether oxygens (including phenoxy) is 1. The molecule has 1 saturated carbocycles. The molecule has 5 heteroatoms. The van der Waals surface area contributed by atoms with Crippen LogP contribution in [0.5, 0.6) is 17.2 Å². The summed E-state index contributed by atoms with van der Waals surface area (Å²) in [6, 6.07) is 3.14. The summed E-state index contributed by atoms with van der Waals surface area (Å²) in [6.07, 6.45) is 0.786. The number of benzene rings is 1. The Labute approximate surface area is 99.5 Å². The zero-order chi connectivity index (χ0) is 12.6. The van der Waals surface area contributed by atoms with Crippen molar-refractivity contribution >= 4 is 0 Å². The zero-order valence-electron chi connectivity index (χ0n) is 9.68. The molecule has 5 N–H and O–H groups in total. The second-order valence-corrected chi connectivity index (χ2v) is 4.59. The van der Waals surface area contributed by atoms with E-state index in [1.165, 1.54) is 13.2 Å². The molecule has 0 amide bonds. The molecule has 0 radical (unpaired) electrons. The number of phenols is 2. The molecule has 1 aliphatic carbocycles. The van der Waals surface area contributed by atoms with Crippen LogP contribution < -0.4 is 10.5 Å². The van der Waals surface area contributed by atoms with Crippen molar-refractivity contribution in [1.29, 1.82) is 0 Å². The lowest BCUT2D eigenvalue weighted by Gasteiger charge is -2.45. The van der Waals surface area contributed by atoms with Gasteiger partial charge in [-0.05, 0) is 30.5 Å². The largest absolute Gasteiger partial charge is 0.504 e. The minimum absolute atomic E-state index is 0.217. The van der Waals surface area contributed by atoms with Crippen LogP contribution in [0.15, 0.2) is 12.1 Å². The lowest BCUT2D eigenvalue weighted by Crippen LogP contribution is -2.49. The first-order valence-electron chi connectivity index (χ1n) is 5.51. The van der Waals surface area contributed by atoms with E-state index in [9.17, 15) is 15.3 Å². The maximum Gasteiger partial charge on any atom is 0.200 e. The summed E-state index contributed by atoms with van der Waals surface area (Å²) in [5.74, 6) is -0.286. The summed E-state index contributed by atoms with van der Waals surface area (Å²) in [5, 5.41) is 28.6. The summed E-state index contributed by atoms with van der Waals surface area (Å²) < 4.78 is 4.99. The number of aromatic hydroxyl groups is 2. The number of hydrogen-bond donors (Lipinski definition) is 4. The normalized spacial score (nSPS) is 27.6. The third kappa shape index (κ3) is 1.81. The van der Waals surface area contributed by atoms with Gasteiger partial charge in [0, 0.05) is 12.0 Å². The van der Waals surface area contributed by atoms with E-state index >= 15 is 0 Å². The van der Waals surface area contributed by atoms with Crippen LogP contribution in [-0.4, -0.2) is 35.1 Å². The van der Waals surface area contributed by atoms with E-state index in [0.717, 1.165) is 5.56 Å². The third-order valence-corrected chi connectivity index (χ3v) is 3.53. The van der Waals surface area contributed by atoms with Crippen molar-refractivity contribution in [3.8, 4) is 17.2 Å². The summed E-state index contributed by atoms with van der Waals surface area (Å²) in [6.45, 7) is 0.386. The number of methoxy groups -OCH3 is 1. The van der Waals surface area contributed by atoms with Gasteiger partial charge in [0.15, 0.2) is 11.5 Å². The average molecular weight is 239 g/mol. The number of nitrogens with two attached hydrogens (primary N) is 1. The van der Waals surface area contributed by atoms with Crippen LogP contribution in [0.25, 0.3) is 0 Å². The highest BCUT2D eigenvalue weighted by Crippen LogP contribution is 2.47. The fourth-order valence-corrected chi connectivity index (χ4v) is 2.42. The summed E-state index contributed by atoms with van der Waals surface area (Å²) in [7, 11) is 1.42. The van der Waals surface area contributed by atoms with E-state index in [2.05, 4.69) is 0 Å². The van der Waals surface area contributed by atoms with Gasteiger partial charge in [-0.15, -0.1) is 0 Å². The molecule has 2 rings (SSSR count). The van der Waals surface area contributed by atoms with Gasteiger partial charge < -0.3 is 25.8 Å². The first kappa shape index (κ1) is 12.0. The Balaban J connectivity index is 2.42. The second kappa shape index (κ2) is 4.09. The molecule has 5 nitrogen and oxygen atoms in total. The molecule has 0 saturated heterocycles. The molecular formula is C12H17NO4. The van der Waals surface area contributed by atoms with Crippen molar-refractivity contribution in [3.05, 3.63) is 17.7 Å². The van der Waals surface area contributed by atoms with Gasteiger partial charge in [0.25, 0.3) is 0 Å². The van der Waals surface area contributed by atoms with E-state index in [1.807, 2.05) is 0 Å². The van der Waals surface area contributed by atoms with Crippen molar-refractivity contribution in [1.82, 2.24) is 0 Å². The molecule has 0 spiro atoms. The Morgan fingerprint density at radius 2 is 2.06 bits per heavy atom. The number of phenolic OH excluding ortho intramolecular Hbond substituents is 2. The first-order valence-corrected chi connectivity index (χ1v) is 5.51. The molecule has 0 heterocycles. The Morgan fingerprint density at radius 1 is 1.41 bits per heavy atom. The molecule has 1 fully saturated rings. The van der Waals surface area contributed by atoms with Crippen molar-refractivity contribution < 1.29 is 20.1 Å². The standard InChI is InChI=1S/C12H17NO4/c1-17-10-3-7(2-9(15)11(10)16)12(6-13)4-8(14)5-12/h2-3,8,14-16H,4-6,13H2,1H3. The maximum atomic E-state index is 9.62. The molecular weight excluding hydrogens is 222 g/mol. The van der Waals surface area contributed by atoms with Gasteiger partial charge in [-0.1, -0.05) is 0 Å². The van der Waals surface area contributed by atoms with E-state index in [-0.39, 0.29) is 28.8 Å². The predicted octanol–water partition coefficient (Wildman–Crippen LogP) is 0.458. The van der Waals surface area contributed by atoms with Crippen molar-refractivity contribution in [2.75, 3.05) is 13.7 Å². The van der Waals surface area contributed by atoms with E-state index in [1.54, 1.807) is 6.07 Å². The van der Waals surface area contributed by atoms with Gasteiger partial charge in [0.05, 0.1) is 13.2 Å². The van der Waals surface area contributed by atoms with Crippen LogP contribution in [0.3, 0.4) is 0 Å². The summed E-state index contributed by atoms with van der Waals surface area (Å²) >= 11 is 0. The monoisotopic (exact) mass is 239 g/mol. The molecule has 17 heavy (non-hydrogen) atoms. The highest BCUT2D eigenvalue weighted by atomic mass is 16.5. The molecule has 1 aromatic carbocycles. The fourth-order valence-electron chi connectivity index (χ4n) is 2.42. The number of aliphatic hydroxyl groups is 1. The Kier molecular flexibility index (Phi) is 2.89. The van der Waals surface area contributed by atoms with Crippen LogP contribution in [0, 0.1) is 0 Å². The van der Waals surface area contributed by atoms with Crippen LogP contribution in [-0.2, 0) is 5.41 Å². The molecule has 0 bridgehead atoms. The molecule has 1 aliphatic rings. The highest BCUT2D eigenvalue weighted by molar-refractivity contribution is 5.54. The van der Waals surface area contributed by atoms with Gasteiger partial charge in [-0.2, -0.15) is 0 Å². The van der Waals surface area contributed by atoms with Crippen LogP contribution in [0.1, 0.15) is 18.4 Å². The van der Waals surface area contributed by atoms with E-state index in [4.69, 9.17) is 10.5 Å². The van der Waals surface area contributed by atoms with Gasteiger partial charge in [-0.3, -0.25) is 0 Å². The van der Waals surface area contributed by atoms with Crippen molar-refractivity contribution in [2.24, 2.45) is 5.73 Å². The van der Waals surface area contributed by atoms with Gasteiger partial charge in [-0.25, -0.2) is 0 Å². The topological polar surface area (TPSA) is 95.9 Å². The van der Waals surface area contributed by atoms with Crippen molar-refractivity contribution in [3.63, 3.8) is 0 Å². The van der Waals surface area contributed by atoms with Crippen LogP contribution in [0.2, 0.25) is 0 Å². The highest BCUT2D eigenvalue weighted by Gasteiger charge is 2.44. The molecule has 0 unspecified atom stereocenters. The van der Waals surface area contributed by atoms with Crippen LogP contribution >= 0.6 is 0 Å². The fraction of sp³-hybridized carbons (Fsp3) is 0.500. The Morgan fingerprint density at radius 3 is 2.53 bits per heavy atom. The van der Waals surface area contributed by atoms with Crippen LogP contribution in [0.4, 0.5) is 0 Å². The Bertz CT molecular complexity index is 427. The average Bonchev–Trinajstić information content (AvgIpc) is 2.28. The summed E-state index contributed by atoms with van der Waals surface area (Å²) in [5.41, 5.74) is 6.21. The number of rotatable bonds is 3. The second-order valence-electron chi connectivity index (χ2n) is 4.59. The zero-order valence-corrected chi connectivity index (χ0v) is 9.68. The minimum atomic E-state index is -0.347. The molecule has 0 atom stereocenters. The SMILES string of the molecule is COc1cc(C2(CN)CC(O)C2)cc(O)c1O. The minimum Gasteiger partial charge on any atom is -0.504 e. The Hall–Kier alpha value is -1.46. The lowest BCUT2D eigenvalue weighted by atomic mass is 9.62. The molecule has 94 valence electrons. The first-order chi connectivity index (χ1) is 8.02. The van der Waals surface area contributed by atoms with E-state index in [0.29, 0.717) is 19.4 Å². The third-order valence-electron chi connectivity index (χ3n) is 3.53. The lowest BCUT2D eigenvalue weighted by molar-refractivity contribution is 0.0219. The summed E-state index contributed by atoms with van der Waals surface area (Å²) in [4.78, 5) is 0. The van der Waals surface area contributed by atoms with Crippen molar-refractivity contribution in [2.45, 2.75) is 24.4 Å². The smallest absolute Gasteiger partial charge is 0.200 e. The van der Waals surface area contributed by atoms with Gasteiger partial charge in [0.1, 0.15) is 0 Å². The molecule has 0 aromatic heterocycles. The molecule has 0 aliphatic heterocycles. The number of hydrogen-bond acceptors (Lipinski definition) is 5. The predicted molar refractivity (Wildman–Crippen MR) is 62.3 cm³/mol. The van der Waals surface area contributed by atoms with Gasteiger partial charge >= 0.3 is 0 Å². The van der Waals surface area contributed by atoms with E-state index < -0.39 is 0 Å². The maximum absolute atomic E-state index is 9.62. The quantitative estimate of drug-likeness (QED) is 0.575. The number of aliphatic hydroxyl groups excluding tert-OH is 1. The van der Waals surface area contributed by atoms with Gasteiger partial charge in [0.2, 0.25) is 5.75 Å².